The molecule has 4 aromatic rings. The van der Waals surface area contributed by atoms with Gasteiger partial charge in [0.1, 0.15) is 6.33 Å². The Morgan fingerprint density at radius 3 is 2.62 bits per heavy atom. The van der Waals surface area contributed by atoms with E-state index in [2.05, 4.69) is 23.1 Å². The number of fused-ring (bicyclic) bond motifs is 1. The summed E-state index contributed by atoms with van der Waals surface area (Å²) < 4.78 is 9.78. The van der Waals surface area contributed by atoms with Crippen LogP contribution in [-0.4, -0.2) is 42.1 Å². The van der Waals surface area contributed by atoms with Crippen LogP contribution in [0.5, 0.6) is 0 Å². The maximum atomic E-state index is 14.3. The number of aliphatic hydroxyl groups is 1. The molecule has 0 bridgehead atoms. The maximum absolute atomic E-state index is 14.3. The molecular formula is C32H35N5O3. The zero-order valence-corrected chi connectivity index (χ0v) is 23.1. The first-order chi connectivity index (χ1) is 19.3. The van der Waals surface area contributed by atoms with Crippen LogP contribution < -0.4 is 5.56 Å². The molecule has 0 radical (unpaired) electrons. The molecule has 40 heavy (non-hydrogen) atoms. The van der Waals surface area contributed by atoms with Gasteiger partial charge in [-0.2, -0.15) is 15.3 Å². The van der Waals surface area contributed by atoms with Gasteiger partial charge < -0.3 is 9.84 Å². The van der Waals surface area contributed by atoms with Crippen molar-refractivity contribution < 1.29 is 9.84 Å². The Kier molecular flexibility index (Phi) is 6.81. The Labute approximate surface area is 233 Å². The molecule has 1 spiro atoms. The van der Waals surface area contributed by atoms with Crippen LogP contribution in [0.15, 0.2) is 59.7 Å². The number of nitrogens with zero attached hydrogens (tertiary/aromatic N) is 5. The summed E-state index contributed by atoms with van der Waals surface area (Å²) in [5.74, 6) is 0.578. The van der Waals surface area contributed by atoms with E-state index in [1.54, 1.807) is 0 Å². The molecule has 1 saturated heterocycles. The Balaban J connectivity index is 1.38. The van der Waals surface area contributed by atoms with Crippen molar-refractivity contribution in [1.82, 2.24) is 19.2 Å². The zero-order valence-electron chi connectivity index (χ0n) is 23.1. The minimum Gasteiger partial charge on any atom is -0.388 e. The number of rotatable bonds is 6. The lowest BCUT2D eigenvalue weighted by Crippen LogP contribution is -2.39. The maximum Gasteiger partial charge on any atom is 0.259 e. The smallest absolute Gasteiger partial charge is 0.259 e. The molecule has 2 aromatic carbocycles. The van der Waals surface area contributed by atoms with E-state index in [9.17, 15) is 15.2 Å². The summed E-state index contributed by atoms with van der Waals surface area (Å²) in [6.45, 7) is 4.29. The molecule has 1 saturated carbocycles. The van der Waals surface area contributed by atoms with Crippen LogP contribution in [0.1, 0.15) is 80.8 Å². The van der Waals surface area contributed by atoms with E-state index in [1.165, 1.54) is 6.33 Å². The fourth-order valence-corrected chi connectivity index (χ4v) is 6.76. The number of aryl methyl sites for hydroxylation is 1. The molecule has 2 fully saturated rings. The van der Waals surface area contributed by atoms with Crippen LogP contribution in [-0.2, 0) is 17.6 Å². The van der Waals surface area contributed by atoms with Crippen molar-refractivity contribution in [3.63, 3.8) is 0 Å². The average Bonchev–Trinajstić information content (AvgIpc) is 3.56. The van der Waals surface area contributed by atoms with E-state index in [-0.39, 0.29) is 17.2 Å². The largest absolute Gasteiger partial charge is 0.388 e. The van der Waals surface area contributed by atoms with Crippen LogP contribution in [0.2, 0.25) is 0 Å². The standard InChI is InChI=1S/C32H35N5O3/c1-3-7-28-27(17-22-10-11-26(24(16-22)18-33)23-8-5-4-6-9-23)29(38)36(30-34-21-35-37(28)30)25-12-14-32(15-13-25)19-31(2,39)20-40-32/h4-6,8-11,16,21,25,39H,3,7,12-15,17,19-20H2,1-2H3. The van der Waals surface area contributed by atoms with E-state index >= 15 is 0 Å². The lowest BCUT2D eigenvalue weighted by atomic mass is 9.78. The van der Waals surface area contributed by atoms with Gasteiger partial charge in [0.15, 0.2) is 0 Å². The molecule has 1 aliphatic heterocycles. The summed E-state index contributed by atoms with van der Waals surface area (Å²) in [7, 11) is 0. The molecule has 2 aliphatic rings. The van der Waals surface area contributed by atoms with Crippen molar-refractivity contribution in [3.05, 3.63) is 87.6 Å². The third-order valence-corrected chi connectivity index (χ3v) is 8.61. The van der Waals surface area contributed by atoms with E-state index in [4.69, 9.17) is 4.74 Å². The second kappa shape index (κ2) is 10.3. The second-order valence-corrected chi connectivity index (χ2v) is 11.7. The lowest BCUT2D eigenvalue weighted by molar-refractivity contribution is -0.0371. The molecule has 3 heterocycles. The number of aromatic nitrogens is 4. The van der Waals surface area contributed by atoms with Crippen LogP contribution in [0.3, 0.4) is 0 Å². The SMILES string of the molecule is CCCc1c(Cc2ccc(-c3ccccc3)c(C#N)c2)c(=O)n(C2CCC3(CC2)CC(C)(O)CO3)c2ncnn12. The summed E-state index contributed by atoms with van der Waals surface area (Å²) in [4.78, 5) is 18.8. The summed E-state index contributed by atoms with van der Waals surface area (Å²) in [6, 6.07) is 18.1. The first-order valence-electron chi connectivity index (χ1n) is 14.2. The molecule has 1 aliphatic carbocycles. The van der Waals surface area contributed by atoms with Crippen molar-refractivity contribution in [1.29, 1.82) is 5.26 Å². The Morgan fingerprint density at radius 1 is 1.18 bits per heavy atom. The van der Waals surface area contributed by atoms with Gasteiger partial charge in [0.2, 0.25) is 5.78 Å². The van der Waals surface area contributed by atoms with Crippen molar-refractivity contribution in [2.24, 2.45) is 0 Å². The zero-order chi connectivity index (χ0) is 27.9. The minimum atomic E-state index is -0.794. The fraction of sp³-hybridized carbons (Fsp3) is 0.438. The topological polar surface area (TPSA) is 105 Å². The fourth-order valence-electron chi connectivity index (χ4n) is 6.76. The molecule has 8 heteroatoms. The monoisotopic (exact) mass is 537 g/mol. The summed E-state index contributed by atoms with van der Waals surface area (Å²) in [5.41, 5.74) is 3.83. The van der Waals surface area contributed by atoms with E-state index < -0.39 is 5.60 Å². The highest BCUT2D eigenvalue weighted by Gasteiger charge is 2.48. The number of nitriles is 1. The Hall–Kier alpha value is -3.80. The van der Waals surface area contributed by atoms with Crippen molar-refractivity contribution in [3.8, 4) is 17.2 Å². The van der Waals surface area contributed by atoms with Crippen LogP contribution in [0, 0.1) is 11.3 Å². The normalized spacial score (nSPS) is 24.5. The molecule has 8 nitrogen and oxygen atoms in total. The Morgan fingerprint density at radius 2 is 1.95 bits per heavy atom. The number of ether oxygens (including phenoxy) is 1. The highest BCUT2D eigenvalue weighted by molar-refractivity contribution is 5.71. The molecule has 1 unspecified atom stereocenters. The third kappa shape index (κ3) is 4.74. The van der Waals surface area contributed by atoms with Gasteiger partial charge in [-0.05, 0) is 61.8 Å². The first kappa shape index (κ1) is 26.4. The van der Waals surface area contributed by atoms with Crippen LogP contribution >= 0.6 is 0 Å². The number of benzene rings is 2. The van der Waals surface area contributed by atoms with E-state index in [0.29, 0.717) is 42.8 Å². The van der Waals surface area contributed by atoms with Crippen LogP contribution in [0.25, 0.3) is 16.9 Å². The molecule has 6 rings (SSSR count). The summed E-state index contributed by atoms with van der Waals surface area (Å²) >= 11 is 0. The molecule has 1 atom stereocenters. The van der Waals surface area contributed by atoms with Crippen molar-refractivity contribution in [2.45, 2.75) is 82.5 Å². The highest BCUT2D eigenvalue weighted by Crippen LogP contribution is 2.46. The number of hydrogen-bond donors (Lipinski definition) is 1. The van der Waals surface area contributed by atoms with Gasteiger partial charge >= 0.3 is 0 Å². The minimum absolute atomic E-state index is 0.0245. The predicted molar refractivity (Wildman–Crippen MR) is 152 cm³/mol. The molecule has 2 aromatic heterocycles. The van der Waals surface area contributed by atoms with Gasteiger partial charge in [-0.1, -0.05) is 55.8 Å². The van der Waals surface area contributed by atoms with Crippen LogP contribution in [0.4, 0.5) is 0 Å². The molecule has 0 amide bonds. The lowest BCUT2D eigenvalue weighted by Gasteiger charge is -2.37. The quantitative estimate of drug-likeness (QED) is 0.371. The van der Waals surface area contributed by atoms with Crippen molar-refractivity contribution in [2.75, 3.05) is 6.61 Å². The average molecular weight is 538 g/mol. The summed E-state index contributed by atoms with van der Waals surface area (Å²) in [6.07, 6.45) is 7.26. The van der Waals surface area contributed by atoms with E-state index in [0.717, 1.165) is 54.5 Å². The Bertz CT molecular complexity index is 1640. The highest BCUT2D eigenvalue weighted by atomic mass is 16.5. The van der Waals surface area contributed by atoms with Crippen molar-refractivity contribution >= 4 is 5.78 Å². The molecular weight excluding hydrogens is 502 g/mol. The number of hydrogen-bond acceptors (Lipinski definition) is 6. The van der Waals surface area contributed by atoms with Gasteiger partial charge in [0.05, 0.1) is 35.1 Å². The molecule has 206 valence electrons. The van der Waals surface area contributed by atoms with Gasteiger partial charge in [-0.3, -0.25) is 9.36 Å². The van der Waals surface area contributed by atoms with Gasteiger partial charge in [0, 0.05) is 24.4 Å². The van der Waals surface area contributed by atoms with Gasteiger partial charge in [-0.25, -0.2) is 4.52 Å². The third-order valence-electron chi connectivity index (χ3n) is 8.61. The van der Waals surface area contributed by atoms with Gasteiger partial charge in [0.25, 0.3) is 5.56 Å². The predicted octanol–water partition coefficient (Wildman–Crippen LogP) is 5.00. The van der Waals surface area contributed by atoms with E-state index in [1.807, 2.05) is 64.5 Å². The first-order valence-corrected chi connectivity index (χ1v) is 14.2. The molecule has 1 N–H and O–H groups in total. The second-order valence-electron chi connectivity index (χ2n) is 11.7. The van der Waals surface area contributed by atoms with Gasteiger partial charge in [-0.15, -0.1) is 0 Å². The summed E-state index contributed by atoms with van der Waals surface area (Å²) in [5, 5.41) is 25.0.